The van der Waals surface area contributed by atoms with E-state index in [0.29, 0.717) is 29.7 Å². The topological polar surface area (TPSA) is 68.5 Å². The number of carbonyl (C=O) groups is 1. The molecule has 1 aromatic heterocycles. The minimum absolute atomic E-state index is 0.0364. The Balaban J connectivity index is 1.55. The summed E-state index contributed by atoms with van der Waals surface area (Å²) in [6.45, 7) is 2.48. The third-order valence-electron chi connectivity index (χ3n) is 4.73. The van der Waals surface area contributed by atoms with Gasteiger partial charge in [0.05, 0.1) is 7.11 Å². The minimum Gasteiger partial charge on any atom is -0.497 e. The molecule has 1 aliphatic heterocycles. The number of aromatic nitrogens is 2. The number of halogens is 1. The summed E-state index contributed by atoms with van der Waals surface area (Å²) in [6.07, 6.45) is 0.350. The zero-order chi connectivity index (χ0) is 19.0. The maximum absolute atomic E-state index is 12.4. The third-order valence-corrected chi connectivity index (χ3v) is 4.99. The summed E-state index contributed by atoms with van der Waals surface area (Å²) in [6, 6.07) is 12.9. The number of carbonyl (C=O) groups excluding carboxylic acids is 1. The highest BCUT2D eigenvalue weighted by Gasteiger charge is 2.34. The standard InChI is InChI=1S/C20H18ClN3O3/c1-12-9-16(26-2)7-8-17(12)20-22-19(23-27-20)13-10-18(25)24(11-13)15-5-3-14(21)4-6-15/h3-9,13H,10-11H2,1-2H3/t13-/m0/s1. The van der Waals surface area contributed by atoms with Crippen LogP contribution in [0.25, 0.3) is 11.5 Å². The van der Waals surface area contributed by atoms with Crippen molar-refractivity contribution in [3.8, 4) is 17.2 Å². The molecule has 0 spiro atoms. The number of hydrogen-bond donors (Lipinski definition) is 0. The van der Waals surface area contributed by atoms with E-state index in [1.807, 2.05) is 37.3 Å². The van der Waals surface area contributed by atoms with Crippen LogP contribution in [-0.4, -0.2) is 29.7 Å². The SMILES string of the molecule is COc1ccc(-c2nc([C@H]3CC(=O)N(c4ccc(Cl)cc4)C3)no2)c(C)c1. The zero-order valence-electron chi connectivity index (χ0n) is 15.0. The summed E-state index contributed by atoms with van der Waals surface area (Å²) >= 11 is 5.93. The summed E-state index contributed by atoms with van der Waals surface area (Å²) < 4.78 is 10.7. The predicted octanol–water partition coefficient (Wildman–Crippen LogP) is 4.23. The molecule has 3 aromatic rings. The van der Waals surface area contributed by atoms with Crippen LogP contribution in [0.5, 0.6) is 5.75 Å². The van der Waals surface area contributed by atoms with E-state index in [-0.39, 0.29) is 11.8 Å². The lowest BCUT2D eigenvalue weighted by molar-refractivity contribution is -0.117. The van der Waals surface area contributed by atoms with Crippen LogP contribution in [0.15, 0.2) is 47.0 Å². The van der Waals surface area contributed by atoms with Gasteiger partial charge in [-0.25, -0.2) is 0 Å². The van der Waals surface area contributed by atoms with Crippen LogP contribution in [0.1, 0.15) is 23.7 Å². The lowest BCUT2D eigenvalue weighted by Gasteiger charge is -2.16. The van der Waals surface area contributed by atoms with Crippen LogP contribution in [0.3, 0.4) is 0 Å². The smallest absolute Gasteiger partial charge is 0.258 e. The highest BCUT2D eigenvalue weighted by atomic mass is 35.5. The zero-order valence-corrected chi connectivity index (χ0v) is 15.7. The Kier molecular flexibility index (Phi) is 4.58. The predicted molar refractivity (Wildman–Crippen MR) is 102 cm³/mol. The van der Waals surface area contributed by atoms with Crippen molar-refractivity contribution in [2.45, 2.75) is 19.3 Å². The first kappa shape index (κ1) is 17.5. The Morgan fingerprint density at radius 1 is 1.22 bits per heavy atom. The third kappa shape index (κ3) is 3.40. The van der Waals surface area contributed by atoms with Crippen molar-refractivity contribution in [2.24, 2.45) is 0 Å². The first-order chi connectivity index (χ1) is 13.0. The van der Waals surface area contributed by atoms with E-state index in [4.69, 9.17) is 20.9 Å². The molecule has 0 bridgehead atoms. The van der Waals surface area contributed by atoms with Gasteiger partial charge in [-0.1, -0.05) is 16.8 Å². The van der Waals surface area contributed by atoms with Crippen LogP contribution >= 0.6 is 11.6 Å². The largest absolute Gasteiger partial charge is 0.497 e. The molecule has 27 heavy (non-hydrogen) atoms. The monoisotopic (exact) mass is 383 g/mol. The van der Waals surface area contributed by atoms with Crippen molar-refractivity contribution in [1.82, 2.24) is 10.1 Å². The molecule has 1 aliphatic rings. The number of nitrogens with zero attached hydrogens (tertiary/aromatic N) is 3. The lowest BCUT2D eigenvalue weighted by Crippen LogP contribution is -2.24. The minimum atomic E-state index is -0.107. The maximum atomic E-state index is 12.4. The molecule has 2 heterocycles. The van der Waals surface area contributed by atoms with Crippen LogP contribution in [0, 0.1) is 6.92 Å². The van der Waals surface area contributed by atoms with Crippen molar-refractivity contribution < 1.29 is 14.1 Å². The summed E-state index contributed by atoms with van der Waals surface area (Å²) in [5.41, 5.74) is 2.66. The molecule has 4 rings (SSSR count). The fourth-order valence-corrected chi connectivity index (χ4v) is 3.39. The molecular weight excluding hydrogens is 366 g/mol. The van der Waals surface area contributed by atoms with Gasteiger partial charge in [0.15, 0.2) is 5.82 Å². The number of ether oxygens (including phenoxy) is 1. The van der Waals surface area contributed by atoms with Gasteiger partial charge < -0.3 is 14.2 Å². The van der Waals surface area contributed by atoms with Crippen molar-refractivity contribution in [2.75, 3.05) is 18.6 Å². The molecular formula is C20H18ClN3O3. The summed E-state index contributed by atoms with van der Waals surface area (Å²) in [5.74, 6) is 1.70. The van der Waals surface area contributed by atoms with Gasteiger partial charge in [0.2, 0.25) is 5.91 Å². The maximum Gasteiger partial charge on any atom is 0.258 e. The number of methoxy groups -OCH3 is 1. The van der Waals surface area contributed by atoms with Crippen molar-refractivity contribution in [3.05, 3.63) is 58.9 Å². The summed E-state index contributed by atoms with van der Waals surface area (Å²) in [7, 11) is 1.63. The Hall–Kier alpha value is -2.86. The van der Waals surface area contributed by atoms with Gasteiger partial charge in [0, 0.05) is 35.2 Å². The molecule has 6 nitrogen and oxygen atoms in total. The van der Waals surface area contributed by atoms with E-state index >= 15 is 0 Å². The van der Waals surface area contributed by atoms with E-state index in [1.165, 1.54) is 0 Å². The molecule has 0 radical (unpaired) electrons. The number of aryl methyl sites for hydroxylation is 1. The van der Waals surface area contributed by atoms with E-state index in [9.17, 15) is 4.79 Å². The normalized spacial score (nSPS) is 16.8. The average Bonchev–Trinajstić information content (AvgIpc) is 3.29. The quantitative estimate of drug-likeness (QED) is 0.674. The van der Waals surface area contributed by atoms with Gasteiger partial charge in [0.25, 0.3) is 5.89 Å². The number of anilines is 1. The summed E-state index contributed by atoms with van der Waals surface area (Å²) in [4.78, 5) is 18.7. The van der Waals surface area contributed by atoms with Gasteiger partial charge in [-0.05, 0) is 55.0 Å². The number of hydrogen-bond acceptors (Lipinski definition) is 5. The van der Waals surface area contributed by atoms with Gasteiger partial charge in [-0.2, -0.15) is 4.98 Å². The van der Waals surface area contributed by atoms with E-state index in [1.54, 1.807) is 24.1 Å². The molecule has 1 saturated heterocycles. The Labute approximate surface area is 161 Å². The molecule has 0 N–H and O–H groups in total. The highest BCUT2D eigenvalue weighted by Crippen LogP contribution is 2.33. The van der Waals surface area contributed by atoms with Crippen LogP contribution in [-0.2, 0) is 4.79 Å². The van der Waals surface area contributed by atoms with E-state index < -0.39 is 0 Å². The fourth-order valence-electron chi connectivity index (χ4n) is 3.26. The highest BCUT2D eigenvalue weighted by molar-refractivity contribution is 6.30. The number of rotatable bonds is 4. The Morgan fingerprint density at radius 3 is 2.70 bits per heavy atom. The van der Waals surface area contributed by atoms with Gasteiger partial charge in [0.1, 0.15) is 5.75 Å². The van der Waals surface area contributed by atoms with Crippen molar-refractivity contribution >= 4 is 23.2 Å². The number of amides is 1. The molecule has 1 amide bonds. The van der Waals surface area contributed by atoms with E-state index in [2.05, 4.69) is 10.1 Å². The Morgan fingerprint density at radius 2 is 2.00 bits per heavy atom. The fraction of sp³-hybridized carbons (Fsp3) is 0.250. The van der Waals surface area contributed by atoms with Crippen molar-refractivity contribution in [3.63, 3.8) is 0 Å². The molecule has 138 valence electrons. The first-order valence-corrected chi connectivity index (χ1v) is 8.97. The lowest BCUT2D eigenvalue weighted by atomic mass is 10.1. The second-order valence-electron chi connectivity index (χ2n) is 6.52. The second kappa shape index (κ2) is 7.04. The number of benzene rings is 2. The molecule has 2 aromatic carbocycles. The summed E-state index contributed by atoms with van der Waals surface area (Å²) in [5, 5.41) is 4.76. The molecule has 1 atom stereocenters. The van der Waals surface area contributed by atoms with Crippen LogP contribution < -0.4 is 9.64 Å². The molecule has 0 aliphatic carbocycles. The van der Waals surface area contributed by atoms with Gasteiger partial charge in [-0.3, -0.25) is 4.79 Å². The van der Waals surface area contributed by atoms with Crippen molar-refractivity contribution in [1.29, 1.82) is 0 Å². The molecule has 1 fully saturated rings. The van der Waals surface area contributed by atoms with Crippen LogP contribution in [0.4, 0.5) is 5.69 Å². The first-order valence-electron chi connectivity index (χ1n) is 8.59. The molecule has 7 heteroatoms. The average molecular weight is 384 g/mol. The van der Waals surface area contributed by atoms with Gasteiger partial charge in [-0.15, -0.1) is 0 Å². The Bertz CT molecular complexity index is 984. The molecule has 0 unspecified atom stereocenters. The van der Waals surface area contributed by atoms with Crippen LogP contribution in [0.2, 0.25) is 5.02 Å². The van der Waals surface area contributed by atoms with E-state index in [0.717, 1.165) is 22.6 Å². The molecule has 0 saturated carbocycles. The second-order valence-corrected chi connectivity index (χ2v) is 6.96. The van der Waals surface area contributed by atoms with Gasteiger partial charge >= 0.3 is 0 Å².